The van der Waals surface area contributed by atoms with Gasteiger partial charge in [0.25, 0.3) is 0 Å². The molecule has 1 fully saturated rings. The van der Waals surface area contributed by atoms with E-state index >= 15 is 0 Å². The molecule has 1 amide bonds. The average molecular weight is 259 g/mol. The largest absolute Gasteiger partial charge is 0.496 e. The number of rotatable bonds is 3. The molecule has 0 bridgehead atoms. The molecular weight excluding hydrogens is 238 g/mol. The van der Waals surface area contributed by atoms with Crippen LogP contribution in [0.4, 0.5) is 0 Å². The summed E-state index contributed by atoms with van der Waals surface area (Å²) in [5.74, 6) is 1.80. The van der Waals surface area contributed by atoms with E-state index < -0.39 is 0 Å². The number of fused-ring (bicyclic) bond motifs is 2. The fraction of sp³-hybridized carbons (Fsp3) is 0.562. The van der Waals surface area contributed by atoms with Gasteiger partial charge in [-0.25, -0.2) is 0 Å². The second-order valence-electron chi connectivity index (χ2n) is 5.62. The van der Waals surface area contributed by atoms with Crippen LogP contribution in [-0.2, 0) is 17.6 Å². The van der Waals surface area contributed by atoms with Gasteiger partial charge in [0.2, 0.25) is 5.91 Å². The first-order valence-electron chi connectivity index (χ1n) is 7.18. The lowest BCUT2D eigenvalue weighted by molar-refractivity contribution is -0.128. The van der Waals surface area contributed by atoms with Crippen LogP contribution in [-0.4, -0.2) is 30.5 Å². The van der Waals surface area contributed by atoms with Crippen molar-refractivity contribution in [1.29, 1.82) is 0 Å². The molecule has 3 nitrogen and oxygen atoms in total. The summed E-state index contributed by atoms with van der Waals surface area (Å²) in [6, 6.07) is 6.67. The van der Waals surface area contributed by atoms with Crippen LogP contribution in [0.3, 0.4) is 0 Å². The maximum atomic E-state index is 12.1. The molecule has 3 heteroatoms. The van der Waals surface area contributed by atoms with Crippen LogP contribution < -0.4 is 4.74 Å². The van der Waals surface area contributed by atoms with Gasteiger partial charge in [0, 0.05) is 19.0 Å². The number of carbonyl (C=O) groups is 1. The minimum absolute atomic E-state index is 0.337. The van der Waals surface area contributed by atoms with Crippen LogP contribution in [0.25, 0.3) is 0 Å². The molecule has 0 radical (unpaired) electrons. The zero-order valence-corrected chi connectivity index (χ0v) is 11.7. The highest BCUT2D eigenvalue weighted by molar-refractivity contribution is 5.79. The van der Waals surface area contributed by atoms with E-state index in [4.69, 9.17) is 4.74 Å². The summed E-state index contributed by atoms with van der Waals surface area (Å²) in [6.45, 7) is 3.04. The van der Waals surface area contributed by atoms with Crippen LogP contribution in [0, 0.1) is 5.92 Å². The second kappa shape index (κ2) is 4.87. The third kappa shape index (κ3) is 2.01. The Bertz CT molecular complexity index is 498. The number of benzene rings is 1. The van der Waals surface area contributed by atoms with Gasteiger partial charge in [-0.2, -0.15) is 0 Å². The number of hydrogen-bond acceptors (Lipinski definition) is 2. The van der Waals surface area contributed by atoms with E-state index in [0.29, 0.717) is 24.3 Å². The van der Waals surface area contributed by atoms with Crippen LogP contribution in [0.5, 0.6) is 5.75 Å². The van der Waals surface area contributed by atoms with E-state index in [1.54, 1.807) is 7.11 Å². The number of methoxy groups -OCH3 is 1. The molecule has 102 valence electrons. The lowest BCUT2D eigenvalue weighted by Crippen LogP contribution is -2.40. The third-order valence-corrected chi connectivity index (χ3v) is 4.51. The number of carbonyl (C=O) groups excluding carboxylic acids is 1. The Labute approximate surface area is 114 Å². The fourth-order valence-electron chi connectivity index (χ4n) is 3.65. The van der Waals surface area contributed by atoms with Crippen LogP contribution in [0.2, 0.25) is 0 Å². The number of hydrogen-bond donors (Lipinski definition) is 0. The highest BCUT2D eigenvalue weighted by atomic mass is 16.5. The van der Waals surface area contributed by atoms with Crippen molar-refractivity contribution in [2.24, 2.45) is 5.92 Å². The number of amides is 1. The molecule has 1 aliphatic carbocycles. The number of ether oxygens (including phenoxy) is 1. The third-order valence-electron chi connectivity index (χ3n) is 4.51. The van der Waals surface area contributed by atoms with Crippen molar-refractivity contribution in [3.8, 4) is 5.75 Å². The average Bonchev–Trinajstić information content (AvgIpc) is 2.72. The Balaban J connectivity index is 1.91. The molecule has 0 N–H and O–H groups in total. The van der Waals surface area contributed by atoms with Crippen molar-refractivity contribution in [3.05, 3.63) is 29.3 Å². The first-order chi connectivity index (χ1) is 9.24. The van der Waals surface area contributed by atoms with E-state index in [1.807, 2.05) is 6.07 Å². The lowest BCUT2D eigenvalue weighted by atomic mass is 9.80. The minimum Gasteiger partial charge on any atom is -0.496 e. The van der Waals surface area contributed by atoms with Crippen molar-refractivity contribution < 1.29 is 9.53 Å². The van der Waals surface area contributed by atoms with E-state index in [-0.39, 0.29) is 0 Å². The maximum absolute atomic E-state index is 12.1. The summed E-state index contributed by atoms with van der Waals surface area (Å²) in [4.78, 5) is 14.2. The highest BCUT2D eigenvalue weighted by Gasteiger charge is 2.42. The molecule has 2 atom stereocenters. The van der Waals surface area contributed by atoms with Gasteiger partial charge in [0.05, 0.1) is 7.11 Å². The molecule has 1 aliphatic heterocycles. The van der Waals surface area contributed by atoms with E-state index in [0.717, 1.165) is 31.6 Å². The normalized spacial score (nSPS) is 25.2. The fourth-order valence-corrected chi connectivity index (χ4v) is 3.65. The van der Waals surface area contributed by atoms with Gasteiger partial charge in [-0.3, -0.25) is 4.79 Å². The molecule has 1 saturated heterocycles. The number of nitrogens with zero attached hydrogens (tertiary/aromatic N) is 1. The standard InChI is InChI=1S/C16H21NO2/c1-3-7-17-14-9-11-5-4-6-15(19-2)13(11)8-12(14)10-16(17)18/h4-6,12,14H,3,7-10H2,1-2H3/t12-,14-/m0/s1. The van der Waals surface area contributed by atoms with Gasteiger partial charge in [-0.05, 0) is 42.4 Å². The molecule has 19 heavy (non-hydrogen) atoms. The predicted molar refractivity (Wildman–Crippen MR) is 74.3 cm³/mol. The zero-order chi connectivity index (χ0) is 13.4. The monoisotopic (exact) mass is 259 g/mol. The quantitative estimate of drug-likeness (QED) is 0.834. The second-order valence-corrected chi connectivity index (χ2v) is 5.62. The summed E-state index contributed by atoms with van der Waals surface area (Å²) >= 11 is 0. The van der Waals surface area contributed by atoms with E-state index in [9.17, 15) is 4.79 Å². The maximum Gasteiger partial charge on any atom is 0.223 e. The Hall–Kier alpha value is -1.51. The van der Waals surface area contributed by atoms with Crippen molar-refractivity contribution >= 4 is 5.91 Å². The van der Waals surface area contributed by atoms with Gasteiger partial charge in [0.15, 0.2) is 0 Å². The highest BCUT2D eigenvalue weighted by Crippen LogP contribution is 2.39. The molecule has 0 aromatic heterocycles. The van der Waals surface area contributed by atoms with Crippen LogP contribution in [0.1, 0.15) is 30.9 Å². The first kappa shape index (κ1) is 12.5. The zero-order valence-electron chi connectivity index (χ0n) is 11.7. The van der Waals surface area contributed by atoms with E-state index in [2.05, 4.69) is 24.0 Å². The topological polar surface area (TPSA) is 29.5 Å². The Morgan fingerprint density at radius 3 is 2.89 bits per heavy atom. The molecule has 0 spiro atoms. The molecule has 1 aromatic carbocycles. The lowest BCUT2D eigenvalue weighted by Gasteiger charge is -2.33. The van der Waals surface area contributed by atoms with E-state index in [1.165, 1.54) is 11.1 Å². The number of likely N-dealkylation sites (tertiary alicyclic amines) is 1. The van der Waals surface area contributed by atoms with Crippen LogP contribution in [0.15, 0.2) is 18.2 Å². The SMILES string of the molecule is CCCN1C(=O)C[C@@H]2Cc3c(cccc3OC)C[C@@H]21. The molecule has 1 heterocycles. The molecule has 1 aromatic rings. The Morgan fingerprint density at radius 2 is 2.16 bits per heavy atom. The van der Waals surface area contributed by atoms with Gasteiger partial charge >= 0.3 is 0 Å². The summed E-state index contributed by atoms with van der Waals surface area (Å²) in [6.07, 6.45) is 3.72. The molecule has 3 rings (SSSR count). The van der Waals surface area contributed by atoms with Gasteiger partial charge < -0.3 is 9.64 Å². The minimum atomic E-state index is 0.337. The summed E-state index contributed by atoms with van der Waals surface area (Å²) in [5.41, 5.74) is 2.67. The Kier molecular flexibility index (Phi) is 3.21. The van der Waals surface area contributed by atoms with Crippen molar-refractivity contribution in [2.75, 3.05) is 13.7 Å². The van der Waals surface area contributed by atoms with Crippen molar-refractivity contribution in [1.82, 2.24) is 4.90 Å². The molecule has 0 saturated carbocycles. The van der Waals surface area contributed by atoms with Crippen molar-refractivity contribution in [3.63, 3.8) is 0 Å². The first-order valence-corrected chi connectivity index (χ1v) is 7.18. The van der Waals surface area contributed by atoms with Gasteiger partial charge in [-0.15, -0.1) is 0 Å². The smallest absolute Gasteiger partial charge is 0.223 e. The summed E-state index contributed by atoms with van der Waals surface area (Å²) < 4.78 is 5.46. The summed E-state index contributed by atoms with van der Waals surface area (Å²) in [7, 11) is 1.73. The van der Waals surface area contributed by atoms with Gasteiger partial charge in [-0.1, -0.05) is 19.1 Å². The predicted octanol–water partition coefficient (Wildman–Crippen LogP) is 2.42. The van der Waals surface area contributed by atoms with Crippen molar-refractivity contribution in [2.45, 2.75) is 38.6 Å². The molecule has 2 aliphatic rings. The van der Waals surface area contributed by atoms with Crippen LogP contribution >= 0.6 is 0 Å². The summed E-state index contributed by atoms with van der Waals surface area (Å²) in [5, 5.41) is 0. The van der Waals surface area contributed by atoms with Gasteiger partial charge in [0.1, 0.15) is 5.75 Å². The molecule has 0 unspecified atom stereocenters. The Morgan fingerprint density at radius 1 is 1.32 bits per heavy atom. The molecular formula is C16H21NO2.